The predicted octanol–water partition coefficient (Wildman–Crippen LogP) is 7.57. The lowest BCUT2D eigenvalue weighted by Crippen LogP contribution is -2.42. The molecule has 0 saturated heterocycles. The zero-order chi connectivity index (χ0) is 36.2. The minimum Gasteiger partial charge on any atom is -0.489 e. The molecule has 1 heterocycles. The van der Waals surface area contributed by atoms with Crippen molar-refractivity contribution in [2.24, 2.45) is 4.99 Å². The van der Waals surface area contributed by atoms with Gasteiger partial charge in [-0.15, -0.1) is 0 Å². The van der Waals surface area contributed by atoms with Crippen molar-refractivity contribution in [3.8, 4) is 5.75 Å². The van der Waals surface area contributed by atoms with E-state index in [0.29, 0.717) is 22.6 Å². The number of amides is 3. The van der Waals surface area contributed by atoms with Gasteiger partial charge in [0.1, 0.15) is 17.9 Å². The van der Waals surface area contributed by atoms with Crippen LogP contribution < -0.4 is 10.1 Å². The number of carbonyl (C=O) groups is 3. The van der Waals surface area contributed by atoms with Gasteiger partial charge < -0.3 is 10.1 Å². The number of nitrogens with one attached hydrogen (secondary N) is 1. The van der Waals surface area contributed by atoms with Crippen LogP contribution in [0, 0.1) is 10.1 Å². The number of aliphatic imine (C=N–C) groups is 1. The summed E-state index contributed by atoms with van der Waals surface area (Å²) < 4.78 is 5.78. The van der Waals surface area contributed by atoms with Gasteiger partial charge in [-0.3, -0.25) is 29.4 Å². The Bertz CT molecular complexity index is 2000. The van der Waals surface area contributed by atoms with Crippen molar-refractivity contribution in [1.29, 1.82) is 0 Å². The molecule has 0 unspecified atom stereocenters. The van der Waals surface area contributed by atoms with E-state index in [-0.39, 0.29) is 34.7 Å². The highest BCUT2D eigenvalue weighted by Gasteiger charge is 2.35. The standard InChI is InChI=1S/C40H34N4O6S/c1-3-5-18-32(4-2)43-39(47)35(25-28-20-22-34(23-21-28)50-26-29-13-12-19-33(24-29)44(48)49)38(46)42-40(43)51-27-36(45)41-37(30-14-8-6-9-15-30)31-16-10-7-11-17-31/h3-25,37H,1,26-27H2,2H3,(H,41,45)/b18-5-,32-4+,35-25+. The van der Waals surface area contributed by atoms with E-state index in [0.717, 1.165) is 22.9 Å². The third-order valence-corrected chi connectivity index (χ3v) is 8.57. The summed E-state index contributed by atoms with van der Waals surface area (Å²) >= 11 is 0.987. The van der Waals surface area contributed by atoms with E-state index in [4.69, 9.17) is 4.74 Å². The molecule has 0 radical (unpaired) electrons. The van der Waals surface area contributed by atoms with Gasteiger partial charge in [-0.1, -0.05) is 121 Å². The highest BCUT2D eigenvalue weighted by Crippen LogP contribution is 2.28. The molecule has 0 fully saturated rings. The summed E-state index contributed by atoms with van der Waals surface area (Å²) in [4.78, 5) is 56.9. The number of amidine groups is 1. The minimum absolute atomic E-state index is 0.0257. The van der Waals surface area contributed by atoms with E-state index in [1.54, 1.807) is 67.6 Å². The van der Waals surface area contributed by atoms with Crippen LogP contribution in [-0.4, -0.2) is 38.5 Å². The third-order valence-electron chi connectivity index (χ3n) is 7.63. The van der Waals surface area contributed by atoms with Crippen molar-refractivity contribution in [3.05, 3.63) is 184 Å². The Morgan fingerprint density at radius 2 is 1.65 bits per heavy atom. The summed E-state index contributed by atoms with van der Waals surface area (Å²) in [5, 5.41) is 14.2. The lowest BCUT2D eigenvalue weighted by molar-refractivity contribution is -0.384. The molecule has 11 heteroatoms. The summed E-state index contributed by atoms with van der Waals surface area (Å²) in [6, 6.07) is 31.7. The van der Waals surface area contributed by atoms with Crippen LogP contribution in [0.15, 0.2) is 156 Å². The average molecular weight is 699 g/mol. The number of non-ortho nitro benzene ring substituents is 1. The zero-order valence-corrected chi connectivity index (χ0v) is 28.5. The molecule has 0 atom stereocenters. The monoisotopic (exact) mass is 698 g/mol. The van der Waals surface area contributed by atoms with Gasteiger partial charge in [-0.05, 0) is 53.5 Å². The van der Waals surface area contributed by atoms with E-state index in [1.165, 1.54) is 23.1 Å². The number of nitrogens with zero attached hydrogens (tertiary/aromatic N) is 3. The molecule has 0 spiro atoms. The van der Waals surface area contributed by atoms with Crippen molar-refractivity contribution in [2.75, 3.05) is 5.75 Å². The Morgan fingerprint density at radius 1 is 0.980 bits per heavy atom. The van der Waals surface area contributed by atoms with Gasteiger partial charge >= 0.3 is 0 Å². The first kappa shape index (κ1) is 36.0. The first-order valence-corrected chi connectivity index (χ1v) is 16.9. The highest BCUT2D eigenvalue weighted by molar-refractivity contribution is 8.14. The molecule has 0 bridgehead atoms. The Morgan fingerprint density at radius 3 is 2.25 bits per heavy atom. The predicted molar refractivity (Wildman–Crippen MR) is 200 cm³/mol. The second-order valence-electron chi connectivity index (χ2n) is 11.1. The maximum absolute atomic E-state index is 14.0. The Kier molecular flexibility index (Phi) is 12.2. The molecular weight excluding hydrogens is 665 g/mol. The maximum atomic E-state index is 14.0. The van der Waals surface area contributed by atoms with Crippen molar-refractivity contribution >= 4 is 46.4 Å². The summed E-state index contributed by atoms with van der Waals surface area (Å²) in [5.74, 6) is -1.26. The van der Waals surface area contributed by atoms with E-state index in [2.05, 4.69) is 16.9 Å². The third kappa shape index (κ3) is 9.43. The lowest BCUT2D eigenvalue weighted by Gasteiger charge is -2.28. The lowest BCUT2D eigenvalue weighted by atomic mass is 9.99. The van der Waals surface area contributed by atoms with E-state index in [1.807, 2.05) is 60.7 Å². The molecule has 4 aromatic carbocycles. The van der Waals surface area contributed by atoms with Gasteiger partial charge in [0, 0.05) is 17.8 Å². The van der Waals surface area contributed by atoms with E-state index >= 15 is 0 Å². The van der Waals surface area contributed by atoms with Crippen molar-refractivity contribution in [3.63, 3.8) is 0 Å². The molecular formula is C40H34N4O6S. The van der Waals surface area contributed by atoms with Crippen LogP contribution in [-0.2, 0) is 21.0 Å². The molecule has 51 heavy (non-hydrogen) atoms. The highest BCUT2D eigenvalue weighted by atomic mass is 32.2. The first-order valence-electron chi connectivity index (χ1n) is 15.9. The second kappa shape index (κ2) is 17.4. The smallest absolute Gasteiger partial charge is 0.285 e. The van der Waals surface area contributed by atoms with Crippen LogP contribution in [0.25, 0.3) is 6.08 Å². The molecule has 256 valence electrons. The second-order valence-corrected chi connectivity index (χ2v) is 12.0. The fourth-order valence-corrected chi connectivity index (χ4v) is 5.96. The molecule has 3 amide bonds. The number of carbonyl (C=O) groups excluding carboxylic acids is 3. The molecule has 0 aliphatic carbocycles. The normalized spacial score (nSPS) is 14.2. The molecule has 5 rings (SSSR count). The van der Waals surface area contributed by atoms with Gasteiger partial charge in [0.15, 0.2) is 5.17 Å². The fourth-order valence-electron chi connectivity index (χ4n) is 5.15. The fraction of sp³-hybridized carbons (Fsp3) is 0.100. The van der Waals surface area contributed by atoms with E-state index in [9.17, 15) is 24.5 Å². The van der Waals surface area contributed by atoms with E-state index < -0.39 is 22.8 Å². The number of hydrogen-bond acceptors (Lipinski definition) is 7. The number of nitro benzene ring substituents is 1. The molecule has 1 aliphatic heterocycles. The summed E-state index contributed by atoms with van der Waals surface area (Å²) in [5.41, 5.74) is 3.27. The largest absolute Gasteiger partial charge is 0.489 e. The van der Waals surface area contributed by atoms with Crippen LogP contribution in [0.2, 0.25) is 0 Å². The maximum Gasteiger partial charge on any atom is 0.285 e. The molecule has 1 N–H and O–H groups in total. The van der Waals surface area contributed by atoms with Crippen LogP contribution in [0.3, 0.4) is 0 Å². The summed E-state index contributed by atoms with van der Waals surface area (Å²) in [6.07, 6.45) is 8.05. The Hall–Kier alpha value is -6.33. The number of ether oxygens (including phenoxy) is 1. The molecule has 10 nitrogen and oxygen atoms in total. The number of hydrogen-bond donors (Lipinski definition) is 1. The van der Waals surface area contributed by atoms with Crippen molar-refractivity contribution in [2.45, 2.75) is 19.6 Å². The van der Waals surface area contributed by atoms with Crippen molar-refractivity contribution < 1.29 is 24.0 Å². The van der Waals surface area contributed by atoms with Gasteiger partial charge in [0.25, 0.3) is 17.5 Å². The molecule has 0 aromatic heterocycles. The van der Waals surface area contributed by atoms with Gasteiger partial charge in [-0.2, -0.15) is 4.99 Å². The average Bonchev–Trinajstić information content (AvgIpc) is 3.16. The van der Waals surface area contributed by atoms with Crippen LogP contribution in [0.1, 0.15) is 35.2 Å². The zero-order valence-electron chi connectivity index (χ0n) is 27.7. The molecule has 1 aliphatic rings. The number of nitro groups is 1. The number of rotatable bonds is 13. The first-order chi connectivity index (χ1) is 24.8. The summed E-state index contributed by atoms with van der Waals surface area (Å²) in [7, 11) is 0. The number of benzene rings is 4. The quantitative estimate of drug-likeness (QED) is 0.0501. The summed E-state index contributed by atoms with van der Waals surface area (Å²) in [6.45, 7) is 5.58. The van der Waals surface area contributed by atoms with Crippen molar-refractivity contribution in [1.82, 2.24) is 10.2 Å². The van der Waals surface area contributed by atoms with Crippen LogP contribution in [0.4, 0.5) is 5.69 Å². The number of thioether (sulfide) groups is 1. The number of allylic oxidation sites excluding steroid dienone is 4. The van der Waals surface area contributed by atoms with Crippen LogP contribution >= 0.6 is 11.8 Å². The molecule has 4 aromatic rings. The SMILES string of the molecule is C=C/C=C\C(=C/C)N1C(=O)/C(=C/c2ccc(OCc3cccc([N+](=O)[O-])c3)cc2)C(=O)N=C1SCC(=O)NC(c1ccccc1)c1ccccc1. The topological polar surface area (TPSA) is 131 Å². The van der Waals surface area contributed by atoms with Gasteiger partial charge in [0.2, 0.25) is 5.91 Å². The Labute approximate surface area is 299 Å². The Balaban J connectivity index is 1.34. The van der Waals surface area contributed by atoms with Gasteiger partial charge in [0.05, 0.1) is 16.7 Å². The minimum atomic E-state index is -0.736. The van der Waals surface area contributed by atoms with Gasteiger partial charge in [-0.25, -0.2) is 0 Å². The molecule has 0 saturated carbocycles. The van der Waals surface area contributed by atoms with Crippen LogP contribution in [0.5, 0.6) is 5.75 Å².